The SMILES string of the molecule is O=C1CC(n2nc(-c3ccccc3Br)oc2=S)C2COC1O2. The fourth-order valence-electron chi connectivity index (χ4n) is 2.71. The molecule has 6 nitrogen and oxygen atoms in total. The molecule has 3 unspecified atom stereocenters. The number of halogens is 1. The van der Waals surface area contributed by atoms with E-state index in [0.29, 0.717) is 12.5 Å². The van der Waals surface area contributed by atoms with E-state index in [9.17, 15) is 4.79 Å². The average Bonchev–Trinajstić information content (AvgIpc) is 3.09. The number of benzene rings is 1. The number of Topliss-reactive ketones (excluding diaryl/α,β-unsaturated/α-hetero) is 1. The molecule has 0 radical (unpaired) electrons. The van der Waals surface area contributed by atoms with Gasteiger partial charge in [-0.25, -0.2) is 4.68 Å². The second kappa shape index (κ2) is 5.38. The third-order valence-corrected chi connectivity index (χ3v) is 4.76. The summed E-state index contributed by atoms with van der Waals surface area (Å²) >= 11 is 8.72. The second-order valence-corrected chi connectivity index (χ2v) is 6.38. The molecule has 0 spiro atoms. The minimum atomic E-state index is -0.731. The van der Waals surface area contributed by atoms with Crippen molar-refractivity contribution in [3.63, 3.8) is 0 Å². The molecule has 2 aromatic rings. The van der Waals surface area contributed by atoms with Crippen LogP contribution in [0.5, 0.6) is 0 Å². The molecule has 114 valence electrons. The smallest absolute Gasteiger partial charge is 0.287 e. The minimum Gasteiger partial charge on any atom is -0.409 e. The van der Waals surface area contributed by atoms with Gasteiger partial charge >= 0.3 is 0 Å². The molecule has 2 bridgehead atoms. The topological polar surface area (TPSA) is 66.5 Å². The predicted octanol–water partition coefficient (Wildman–Crippen LogP) is 2.89. The highest BCUT2D eigenvalue weighted by atomic mass is 79.9. The van der Waals surface area contributed by atoms with E-state index in [0.717, 1.165) is 10.0 Å². The first-order valence-electron chi connectivity index (χ1n) is 6.78. The Morgan fingerprint density at radius 1 is 1.36 bits per heavy atom. The standard InChI is InChI=1S/C14H11BrN2O4S/c15-8-4-2-1-3-7(8)12-16-17(14(22)21-12)9-5-10(18)13-19-6-11(9)20-13/h1-4,9,11,13H,5-6H2. The zero-order chi connectivity index (χ0) is 15.3. The van der Waals surface area contributed by atoms with Gasteiger partial charge in [-0.3, -0.25) is 4.79 Å². The molecule has 1 aromatic heterocycles. The third kappa shape index (κ3) is 2.26. The number of ether oxygens (including phenoxy) is 2. The molecule has 0 amide bonds. The van der Waals surface area contributed by atoms with Gasteiger partial charge in [-0.05, 0) is 40.3 Å². The quantitative estimate of drug-likeness (QED) is 0.743. The zero-order valence-corrected chi connectivity index (χ0v) is 13.7. The van der Waals surface area contributed by atoms with Crippen LogP contribution >= 0.6 is 28.1 Å². The molecule has 1 aromatic carbocycles. The van der Waals surface area contributed by atoms with E-state index in [1.807, 2.05) is 24.3 Å². The Balaban J connectivity index is 1.73. The maximum atomic E-state index is 11.9. The van der Waals surface area contributed by atoms with Crippen LogP contribution in [0.25, 0.3) is 11.5 Å². The van der Waals surface area contributed by atoms with Crippen molar-refractivity contribution in [1.29, 1.82) is 0 Å². The number of carbonyl (C=O) groups excluding carboxylic acids is 1. The lowest BCUT2D eigenvalue weighted by atomic mass is 10.0. The number of rotatable bonds is 2. The molecule has 2 saturated heterocycles. The maximum Gasteiger partial charge on any atom is 0.287 e. The highest BCUT2D eigenvalue weighted by molar-refractivity contribution is 9.10. The van der Waals surface area contributed by atoms with E-state index in [1.54, 1.807) is 4.68 Å². The minimum absolute atomic E-state index is 0.0916. The Labute approximate surface area is 139 Å². The molecule has 2 aliphatic rings. The van der Waals surface area contributed by atoms with Crippen LogP contribution in [-0.2, 0) is 14.3 Å². The largest absolute Gasteiger partial charge is 0.409 e. The van der Waals surface area contributed by atoms with Crippen LogP contribution in [0, 0.1) is 4.84 Å². The number of hydrogen-bond acceptors (Lipinski definition) is 6. The van der Waals surface area contributed by atoms with Crippen LogP contribution in [0.15, 0.2) is 33.2 Å². The molecular weight excluding hydrogens is 372 g/mol. The first kappa shape index (κ1) is 14.3. The molecule has 3 heterocycles. The predicted molar refractivity (Wildman–Crippen MR) is 81.7 cm³/mol. The third-order valence-electron chi connectivity index (χ3n) is 3.80. The maximum absolute atomic E-state index is 11.9. The van der Waals surface area contributed by atoms with Crippen LogP contribution in [0.1, 0.15) is 12.5 Å². The van der Waals surface area contributed by atoms with Gasteiger partial charge in [0.1, 0.15) is 6.10 Å². The van der Waals surface area contributed by atoms with Gasteiger partial charge in [-0.15, -0.1) is 5.10 Å². The van der Waals surface area contributed by atoms with Crippen LogP contribution in [0.2, 0.25) is 0 Å². The first-order valence-corrected chi connectivity index (χ1v) is 7.98. The van der Waals surface area contributed by atoms with Gasteiger partial charge in [0.25, 0.3) is 4.84 Å². The summed E-state index contributed by atoms with van der Waals surface area (Å²) in [6, 6.07) is 7.28. The van der Waals surface area contributed by atoms with Crippen LogP contribution in [0.4, 0.5) is 0 Å². The van der Waals surface area contributed by atoms with Gasteiger partial charge in [0, 0.05) is 10.9 Å². The second-order valence-electron chi connectivity index (χ2n) is 5.18. The van der Waals surface area contributed by atoms with Gasteiger partial charge in [0.2, 0.25) is 12.2 Å². The van der Waals surface area contributed by atoms with Gasteiger partial charge < -0.3 is 13.9 Å². The number of carbonyl (C=O) groups is 1. The van der Waals surface area contributed by atoms with Gasteiger partial charge in [-0.2, -0.15) is 0 Å². The van der Waals surface area contributed by atoms with E-state index in [-0.39, 0.29) is 29.2 Å². The van der Waals surface area contributed by atoms with Crippen molar-refractivity contribution >= 4 is 33.9 Å². The van der Waals surface area contributed by atoms with Crippen LogP contribution in [-0.4, -0.2) is 34.6 Å². The van der Waals surface area contributed by atoms with Gasteiger partial charge in [0.15, 0.2) is 5.78 Å². The highest BCUT2D eigenvalue weighted by Gasteiger charge is 2.45. The molecule has 22 heavy (non-hydrogen) atoms. The van der Waals surface area contributed by atoms with Gasteiger partial charge in [-0.1, -0.05) is 12.1 Å². The zero-order valence-electron chi connectivity index (χ0n) is 11.3. The van der Waals surface area contributed by atoms with E-state index >= 15 is 0 Å². The average molecular weight is 383 g/mol. The number of aromatic nitrogens is 2. The van der Waals surface area contributed by atoms with Crippen LogP contribution in [0.3, 0.4) is 0 Å². The van der Waals surface area contributed by atoms with Crippen molar-refractivity contribution in [2.75, 3.05) is 6.61 Å². The Bertz CT molecular complexity index is 802. The monoisotopic (exact) mass is 382 g/mol. The van der Waals surface area contributed by atoms with Crippen molar-refractivity contribution in [3.05, 3.63) is 33.6 Å². The van der Waals surface area contributed by atoms with Crippen molar-refractivity contribution in [2.24, 2.45) is 0 Å². The first-order chi connectivity index (χ1) is 10.6. The summed E-state index contributed by atoms with van der Waals surface area (Å²) in [6.45, 7) is 0.361. The molecule has 0 N–H and O–H groups in total. The fraction of sp³-hybridized carbons (Fsp3) is 0.357. The Kier molecular flexibility index (Phi) is 3.48. The molecule has 0 saturated carbocycles. The molecule has 8 heteroatoms. The molecular formula is C14H11BrN2O4S. The molecule has 2 fully saturated rings. The van der Waals surface area contributed by atoms with Crippen molar-refractivity contribution in [2.45, 2.75) is 24.9 Å². The lowest BCUT2D eigenvalue weighted by molar-refractivity contribution is -0.156. The molecule has 3 atom stereocenters. The lowest BCUT2D eigenvalue weighted by Gasteiger charge is -2.25. The normalized spacial score (nSPS) is 27.3. The Hall–Kier alpha value is -1.35. The summed E-state index contributed by atoms with van der Waals surface area (Å²) in [4.78, 5) is 12.1. The summed E-state index contributed by atoms with van der Waals surface area (Å²) in [6.07, 6.45) is -0.678. The number of fused-ring (bicyclic) bond motifs is 2. The van der Waals surface area contributed by atoms with Crippen molar-refractivity contribution in [3.8, 4) is 11.5 Å². The fourth-order valence-corrected chi connectivity index (χ4v) is 3.42. The van der Waals surface area contributed by atoms with E-state index in [2.05, 4.69) is 21.0 Å². The van der Waals surface area contributed by atoms with E-state index in [4.69, 9.17) is 26.1 Å². The summed E-state index contributed by atoms with van der Waals surface area (Å²) in [5.41, 5.74) is 0.802. The van der Waals surface area contributed by atoms with E-state index < -0.39 is 6.29 Å². The Morgan fingerprint density at radius 2 is 2.18 bits per heavy atom. The summed E-state index contributed by atoms with van der Waals surface area (Å²) in [5, 5.41) is 4.44. The molecule has 2 aliphatic heterocycles. The molecule has 0 aliphatic carbocycles. The van der Waals surface area contributed by atoms with Gasteiger partial charge in [0.05, 0.1) is 18.2 Å². The number of ketones is 1. The van der Waals surface area contributed by atoms with E-state index in [1.165, 1.54) is 0 Å². The molecule has 4 rings (SSSR count). The number of nitrogens with zero attached hydrogens (tertiary/aromatic N) is 2. The highest BCUT2D eigenvalue weighted by Crippen LogP contribution is 2.34. The van der Waals surface area contributed by atoms with Crippen molar-refractivity contribution < 1.29 is 18.7 Å². The van der Waals surface area contributed by atoms with Crippen molar-refractivity contribution in [1.82, 2.24) is 9.78 Å². The summed E-state index contributed by atoms with van der Waals surface area (Å²) in [7, 11) is 0. The lowest BCUT2D eigenvalue weighted by Crippen LogP contribution is -2.37. The van der Waals surface area contributed by atoms with Crippen LogP contribution < -0.4 is 0 Å². The summed E-state index contributed by atoms with van der Waals surface area (Å²) < 4.78 is 18.9. The Morgan fingerprint density at radius 3 is 3.00 bits per heavy atom. The number of hydrogen-bond donors (Lipinski definition) is 0. The summed E-state index contributed by atoms with van der Waals surface area (Å²) in [5.74, 6) is 0.317.